The second-order valence-corrected chi connectivity index (χ2v) is 7.82. The van der Waals surface area contributed by atoms with E-state index in [4.69, 9.17) is 0 Å². The van der Waals surface area contributed by atoms with Crippen molar-refractivity contribution in [3.63, 3.8) is 0 Å². The quantitative estimate of drug-likeness (QED) is 0.749. The Hall–Kier alpha value is -1.46. The number of anilines is 1. The molecule has 0 spiro atoms. The van der Waals surface area contributed by atoms with Crippen LogP contribution in [0, 0.1) is 13.8 Å². The fourth-order valence-corrected chi connectivity index (χ4v) is 4.24. The lowest BCUT2D eigenvalue weighted by Crippen LogP contribution is -2.34. The second-order valence-electron chi connectivity index (χ2n) is 5.72. The Morgan fingerprint density at radius 1 is 1.22 bits per heavy atom. The van der Waals surface area contributed by atoms with E-state index in [2.05, 4.69) is 46.4 Å². The van der Waals surface area contributed by atoms with Crippen molar-refractivity contribution in [1.29, 1.82) is 0 Å². The topological polar surface area (TPSA) is 32.3 Å². The molecule has 2 aromatic rings. The molecule has 23 heavy (non-hydrogen) atoms. The second kappa shape index (κ2) is 6.97. The van der Waals surface area contributed by atoms with Gasteiger partial charge in [-0.2, -0.15) is 0 Å². The zero-order valence-electron chi connectivity index (χ0n) is 13.2. The van der Waals surface area contributed by atoms with Gasteiger partial charge in [-0.15, -0.1) is 11.8 Å². The minimum absolute atomic E-state index is 0.0325. The van der Waals surface area contributed by atoms with E-state index in [1.807, 2.05) is 36.1 Å². The summed E-state index contributed by atoms with van der Waals surface area (Å²) in [6, 6.07) is 14.2. The van der Waals surface area contributed by atoms with Gasteiger partial charge in [0.25, 0.3) is 0 Å². The fourth-order valence-electron chi connectivity index (χ4n) is 2.72. The van der Waals surface area contributed by atoms with Gasteiger partial charge < -0.3 is 10.2 Å². The SMILES string of the molecule is Cc1ccc(NC(=O)N2CCSC2c2ccc(Br)cc2)c(C)c1. The minimum atomic E-state index is -0.0325. The summed E-state index contributed by atoms with van der Waals surface area (Å²) in [5.74, 6) is 0.959. The van der Waals surface area contributed by atoms with Crippen LogP contribution in [0.2, 0.25) is 0 Å². The summed E-state index contributed by atoms with van der Waals surface area (Å²) >= 11 is 5.26. The first-order chi connectivity index (χ1) is 11.0. The Bertz CT molecular complexity index is 717. The highest BCUT2D eigenvalue weighted by atomic mass is 79.9. The van der Waals surface area contributed by atoms with Crippen molar-refractivity contribution < 1.29 is 4.79 Å². The molecule has 0 saturated carbocycles. The number of carbonyl (C=O) groups excluding carboxylic acids is 1. The van der Waals surface area contributed by atoms with E-state index < -0.39 is 0 Å². The van der Waals surface area contributed by atoms with Crippen LogP contribution < -0.4 is 5.32 Å². The molecule has 0 aromatic heterocycles. The lowest BCUT2D eigenvalue weighted by atomic mass is 10.1. The molecule has 2 aromatic carbocycles. The van der Waals surface area contributed by atoms with Crippen LogP contribution >= 0.6 is 27.7 Å². The van der Waals surface area contributed by atoms with Gasteiger partial charge in [0, 0.05) is 22.5 Å². The third kappa shape index (κ3) is 3.72. The Morgan fingerprint density at radius 3 is 2.65 bits per heavy atom. The van der Waals surface area contributed by atoms with Crippen molar-refractivity contribution >= 4 is 39.4 Å². The van der Waals surface area contributed by atoms with Crippen molar-refractivity contribution in [2.75, 3.05) is 17.6 Å². The number of nitrogens with zero attached hydrogens (tertiary/aromatic N) is 1. The third-order valence-corrected chi connectivity index (χ3v) is 5.72. The van der Waals surface area contributed by atoms with Crippen molar-refractivity contribution in [2.24, 2.45) is 0 Å². The number of aryl methyl sites for hydroxylation is 2. The molecule has 1 saturated heterocycles. The maximum Gasteiger partial charge on any atom is 0.323 e. The van der Waals surface area contributed by atoms with Gasteiger partial charge in [0.15, 0.2) is 0 Å². The standard InChI is InChI=1S/C18H19BrN2OS/c1-12-3-8-16(13(2)11-12)20-18(22)21-9-10-23-17(21)14-4-6-15(19)7-5-14/h3-8,11,17H,9-10H2,1-2H3,(H,20,22). The van der Waals surface area contributed by atoms with Gasteiger partial charge in [0.1, 0.15) is 5.37 Å². The number of hydrogen-bond acceptors (Lipinski definition) is 2. The molecule has 3 rings (SSSR count). The van der Waals surface area contributed by atoms with Crippen molar-refractivity contribution in [3.8, 4) is 0 Å². The van der Waals surface area contributed by atoms with E-state index in [1.165, 1.54) is 5.56 Å². The molecular weight excluding hydrogens is 372 g/mol. The van der Waals surface area contributed by atoms with Gasteiger partial charge in [-0.3, -0.25) is 0 Å². The normalized spacial score (nSPS) is 17.3. The summed E-state index contributed by atoms with van der Waals surface area (Å²) in [6.45, 7) is 4.84. The number of thioether (sulfide) groups is 1. The molecular formula is C18H19BrN2OS. The summed E-state index contributed by atoms with van der Waals surface area (Å²) in [6.07, 6.45) is 0. The average Bonchev–Trinajstić information content (AvgIpc) is 3.00. The highest BCUT2D eigenvalue weighted by Gasteiger charge is 2.30. The number of carbonyl (C=O) groups is 1. The molecule has 1 aliphatic heterocycles. The lowest BCUT2D eigenvalue weighted by molar-refractivity contribution is 0.214. The Morgan fingerprint density at radius 2 is 1.96 bits per heavy atom. The third-order valence-electron chi connectivity index (χ3n) is 3.93. The molecule has 0 aliphatic carbocycles. The van der Waals surface area contributed by atoms with Crippen LogP contribution in [0.5, 0.6) is 0 Å². The first kappa shape index (κ1) is 16.4. The zero-order valence-corrected chi connectivity index (χ0v) is 15.6. The average molecular weight is 391 g/mol. The molecule has 1 aliphatic rings. The fraction of sp³-hybridized carbons (Fsp3) is 0.278. The molecule has 1 atom stereocenters. The molecule has 1 fully saturated rings. The van der Waals surface area contributed by atoms with Gasteiger partial charge >= 0.3 is 6.03 Å². The smallest absolute Gasteiger partial charge is 0.308 e. The molecule has 1 N–H and O–H groups in total. The predicted octanol–water partition coefficient (Wildman–Crippen LogP) is 5.35. The Kier molecular flexibility index (Phi) is 4.97. The summed E-state index contributed by atoms with van der Waals surface area (Å²) in [5.41, 5.74) is 4.33. The zero-order chi connectivity index (χ0) is 16.4. The number of urea groups is 1. The van der Waals surface area contributed by atoms with Crippen LogP contribution in [0.3, 0.4) is 0 Å². The van der Waals surface area contributed by atoms with Crippen LogP contribution in [-0.4, -0.2) is 23.2 Å². The number of amides is 2. The first-order valence-electron chi connectivity index (χ1n) is 7.56. The molecule has 120 valence electrons. The van der Waals surface area contributed by atoms with Crippen LogP contribution in [0.15, 0.2) is 46.9 Å². The Balaban J connectivity index is 1.76. The van der Waals surface area contributed by atoms with E-state index in [0.717, 1.165) is 33.6 Å². The summed E-state index contributed by atoms with van der Waals surface area (Å²) in [5, 5.41) is 3.13. The maximum absolute atomic E-state index is 12.7. The van der Waals surface area contributed by atoms with Crippen LogP contribution in [-0.2, 0) is 0 Å². The first-order valence-corrected chi connectivity index (χ1v) is 9.41. The van der Waals surface area contributed by atoms with Gasteiger partial charge in [-0.25, -0.2) is 4.79 Å². The maximum atomic E-state index is 12.7. The van der Waals surface area contributed by atoms with E-state index >= 15 is 0 Å². The van der Waals surface area contributed by atoms with E-state index in [9.17, 15) is 4.79 Å². The summed E-state index contributed by atoms with van der Waals surface area (Å²) < 4.78 is 1.05. The predicted molar refractivity (Wildman–Crippen MR) is 101 cm³/mol. The Labute approximate surface area is 149 Å². The number of halogens is 1. The molecule has 0 bridgehead atoms. The molecule has 1 heterocycles. The van der Waals surface area contributed by atoms with Crippen LogP contribution in [0.4, 0.5) is 10.5 Å². The monoisotopic (exact) mass is 390 g/mol. The van der Waals surface area contributed by atoms with Gasteiger partial charge in [-0.1, -0.05) is 45.8 Å². The molecule has 0 radical (unpaired) electrons. The van der Waals surface area contributed by atoms with Crippen molar-refractivity contribution in [3.05, 3.63) is 63.6 Å². The highest BCUT2D eigenvalue weighted by molar-refractivity contribution is 9.10. The van der Waals surface area contributed by atoms with Crippen molar-refractivity contribution in [1.82, 2.24) is 4.90 Å². The van der Waals surface area contributed by atoms with Gasteiger partial charge in [0.2, 0.25) is 0 Å². The number of rotatable bonds is 2. The minimum Gasteiger partial charge on any atom is -0.308 e. The molecule has 1 unspecified atom stereocenters. The number of hydrogen-bond donors (Lipinski definition) is 1. The van der Waals surface area contributed by atoms with Gasteiger partial charge in [0.05, 0.1) is 0 Å². The molecule has 5 heteroatoms. The van der Waals surface area contributed by atoms with E-state index in [1.54, 1.807) is 11.8 Å². The highest BCUT2D eigenvalue weighted by Crippen LogP contribution is 2.38. The van der Waals surface area contributed by atoms with Crippen LogP contribution in [0.25, 0.3) is 0 Å². The van der Waals surface area contributed by atoms with Crippen LogP contribution in [0.1, 0.15) is 22.1 Å². The number of benzene rings is 2. The van der Waals surface area contributed by atoms with Crippen molar-refractivity contribution in [2.45, 2.75) is 19.2 Å². The lowest BCUT2D eigenvalue weighted by Gasteiger charge is -2.25. The summed E-state index contributed by atoms with van der Waals surface area (Å²) in [4.78, 5) is 14.6. The molecule has 3 nitrogen and oxygen atoms in total. The summed E-state index contributed by atoms with van der Waals surface area (Å²) in [7, 11) is 0. The largest absolute Gasteiger partial charge is 0.323 e. The van der Waals surface area contributed by atoms with E-state index in [0.29, 0.717) is 0 Å². The van der Waals surface area contributed by atoms with E-state index in [-0.39, 0.29) is 11.4 Å². The van der Waals surface area contributed by atoms with Gasteiger partial charge in [-0.05, 0) is 43.2 Å². The molecule has 2 amide bonds. The number of nitrogens with one attached hydrogen (secondary N) is 1.